The normalized spacial score (nSPS) is 21.7. The lowest BCUT2D eigenvalue weighted by Crippen LogP contribution is -2.64. The highest BCUT2D eigenvalue weighted by atomic mass is 16.6. The highest BCUT2D eigenvalue weighted by Crippen LogP contribution is 2.31. The van der Waals surface area contributed by atoms with Crippen molar-refractivity contribution in [1.82, 2.24) is 19.9 Å². The number of carbonyl (C=O) groups is 6. The summed E-state index contributed by atoms with van der Waals surface area (Å²) in [6, 6.07) is 13.9. The second kappa shape index (κ2) is 13.0. The van der Waals surface area contributed by atoms with Crippen molar-refractivity contribution in [1.29, 1.82) is 0 Å². The van der Waals surface area contributed by atoms with Gasteiger partial charge >= 0.3 is 11.9 Å². The largest absolute Gasteiger partial charge is 0.455 e. The van der Waals surface area contributed by atoms with Crippen LogP contribution in [0.3, 0.4) is 0 Å². The number of hydroxylamine groups is 4. The SMILES string of the molecule is CC(=O)OC(c1ccccc1)C1C(=O)N(O)C(=O)CN1CCN1CC(=O)N(O)C(=O)C1C(OC(C)=O)c1ccccc1. The fourth-order valence-corrected chi connectivity index (χ4v) is 5.09. The van der Waals surface area contributed by atoms with E-state index in [2.05, 4.69) is 0 Å². The Morgan fingerprint density at radius 3 is 1.33 bits per heavy atom. The first-order valence-corrected chi connectivity index (χ1v) is 13.0. The van der Waals surface area contributed by atoms with E-state index in [1.807, 2.05) is 0 Å². The Kier molecular flexibility index (Phi) is 9.42. The van der Waals surface area contributed by atoms with E-state index >= 15 is 0 Å². The summed E-state index contributed by atoms with van der Waals surface area (Å²) in [5, 5.41) is 20.3. The van der Waals surface area contributed by atoms with Gasteiger partial charge in [0.25, 0.3) is 23.6 Å². The predicted molar refractivity (Wildman–Crippen MR) is 140 cm³/mol. The van der Waals surface area contributed by atoms with E-state index in [1.165, 1.54) is 9.80 Å². The minimum absolute atomic E-state index is 0.0207. The third-order valence-corrected chi connectivity index (χ3v) is 6.95. The van der Waals surface area contributed by atoms with Crippen molar-refractivity contribution < 1.29 is 48.7 Å². The molecular weight excluding hydrogens is 552 g/mol. The number of nitrogens with zero attached hydrogens (tertiary/aromatic N) is 4. The van der Waals surface area contributed by atoms with Crippen molar-refractivity contribution in [3.05, 3.63) is 71.8 Å². The minimum atomic E-state index is -1.35. The Morgan fingerprint density at radius 1 is 0.690 bits per heavy atom. The number of esters is 2. The van der Waals surface area contributed by atoms with Crippen LogP contribution >= 0.6 is 0 Å². The van der Waals surface area contributed by atoms with E-state index in [1.54, 1.807) is 60.7 Å². The first-order valence-electron chi connectivity index (χ1n) is 13.0. The molecule has 4 rings (SSSR count). The molecule has 14 heteroatoms. The van der Waals surface area contributed by atoms with Crippen molar-refractivity contribution in [2.24, 2.45) is 0 Å². The van der Waals surface area contributed by atoms with Gasteiger partial charge in [0.15, 0.2) is 12.2 Å². The summed E-state index contributed by atoms with van der Waals surface area (Å²) in [4.78, 5) is 78.3. The molecule has 0 radical (unpaired) electrons. The third kappa shape index (κ3) is 6.52. The topological polar surface area (TPSA) is 174 Å². The zero-order valence-electron chi connectivity index (χ0n) is 22.9. The standard InChI is InChI=1S/C28H30N4O10/c1-17(33)41-25(19-9-5-3-6-10-19)23-27(37)31(39)21(35)15-29(23)13-14-30-16-22(36)32(40)28(38)24(30)26(42-18(2)34)20-11-7-4-8-12-20/h3-12,23-26,39-40H,13-16H2,1-2H3. The number of amides is 4. The van der Waals surface area contributed by atoms with Crippen LogP contribution in [0.2, 0.25) is 0 Å². The highest BCUT2D eigenvalue weighted by Gasteiger charge is 2.48. The van der Waals surface area contributed by atoms with Crippen LogP contribution in [-0.2, 0) is 38.2 Å². The van der Waals surface area contributed by atoms with Crippen molar-refractivity contribution >= 4 is 35.6 Å². The molecule has 2 aliphatic heterocycles. The van der Waals surface area contributed by atoms with E-state index in [9.17, 15) is 39.2 Å². The Hall–Kier alpha value is -4.50. The van der Waals surface area contributed by atoms with E-state index in [0.717, 1.165) is 13.8 Å². The number of piperazine rings is 2. The molecule has 4 amide bonds. The second-order valence-corrected chi connectivity index (χ2v) is 9.80. The van der Waals surface area contributed by atoms with Crippen LogP contribution in [0.5, 0.6) is 0 Å². The molecule has 42 heavy (non-hydrogen) atoms. The van der Waals surface area contributed by atoms with Gasteiger partial charge in [0, 0.05) is 26.9 Å². The van der Waals surface area contributed by atoms with Gasteiger partial charge in [0.2, 0.25) is 0 Å². The van der Waals surface area contributed by atoms with Crippen LogP contribution < -0.4 is 0 Å². The Bertz CT molecular complexity index is 1250. The third-order valence-electron chi connectivity index (χ3n) is 6.95. The molecule has 4 unspecified atom stereocenters. The summed E-state index contributed by atoms with van der Waals surface area (Å²) in [5.74, 6) is -5.35. The maximum Gasteiger partial charge on any atom is 0.303 e. The Balaban J connectivity index is 1.68. The molecule has 4 atom stereocenters. The Morgan fingerprint density at radius 2 is 1.02 bits per heavy atom. The number of hydrogen-bond donors (Lipinski definition) is 2. The molecule has 2 aromatic rings. The molecule has 2 aromatic carbocycles. The number of ether oxygens (including phenoxy) is 2. The number of hydrogen-bond acceptors (Lipinski definition) is 12. The van der Waals surface area contributed by atoms with Crippen molar-refractivity contribution in [2.45, 2.75) is 38.1 Å². The van der Waals surface area contributed by atoms with Gasteiger partial charge in [-0.1, -0.05) is 60.7 Å². The van der Waals surface area contributed by atoms with Gasteiger partial charge in [0.05, 0.1) is 13.1 Å². The summed E-state index contributed by atoms with van der Waals surface area (Å²) in [7, 11) is 0. The van der Waals surface area contributed by atoms with E-state index in [-0.39, 0.29) is 23.2 Å². The van der Waals surface area contributed by atoms with Crippen LogP contribution in [0.15, 0.2) is 60.7 Å². The molecule has 2 N–H and O–H groups in total. The average Bonchev–Trinajstić information content (AvgIpc) is 2.96. The molecule has 0 aromatic heterocycles. The van der Waals surface area contributed by atoms with Crippen molar-refractivity contribution in [3.8, 4) is 0 Å². The van der Waals surface area contributed by atoms with Crippen LogP contribution in [0.1, 0.15) is 37.2 Å². The molecule has 2 heterocycles. The molecule has 222 valence electrons. The zero-order valence-corrected chi connectivity index (χ0v) is 22.9. The number of imide groups is 2. The summed E-state index contributed by atoms with van der Waals surface area (Å²) < 4.78 is 11.0. The van der Waals surface area contributed by atoms with Crippen LogP contribution in [0, 0.1) is 0 Å². The van der Waals surface area contributed by atoms with Crippen LogP contribution in [0.25, 0.3) is 0 Å². The molecule has 0 saturated carbocycles. The molecule has 2 fully saturated rings. The predicted octanol–water partition coefficient (Wildman–Crippen LogP) is 0.452. The summed E-state index contributed by atoms with van der Waals surface area (Å²) in [6.45, 7) is 1.12. The molecule has 2 saturated heterocycles. The molecular formula is C28H30N4O10. The number of carbonyl (C=O) groups excluding carboxylic acids is 6. The summed E-state index contributed by atoms with van der Waals surface area (Å²) in [5.41, 5.74) is 0.852. The maximum atomic E-state index is 13.2. The van der Waals surface area contributed by atoms with Gasteiger partial charge < -0.3 is 9.47 Å². The first kappa shape index (κ1) is 30.5. The summed E-state index contributed by atoms with van der Waals surface area (Å²) >= 11 is 0. The molecule has 2 aliphatic rings. The molecule has 0 bridgehead atoms. The van der Waals surface area contributed by atoms with E-state index in [4.69, 9.17) is 9.47 Å². The van der Waals surface area contributed by atoms with Gasteiger partial charge in [-0.2, -0.15) is 10.1 Å². The zero-order chi connectivity index (χ0) is 30.6. The monoisotopic (exact) mass is 582 g/mol. The van der Waals surface area contributed by atoms with Crippen molar-refractivity contribution in [2.75, 3.05) is 26.2 Å². The van der Waals surface area contributed by atoms with Crippen molar-refractivity contribution in [3.63, 3.8) is 0 Å². The number of benzene rings is 2. The first-order chi connectivity index (χ1) is 20.0. The number of rotatable bonds is 9. The lowest BCUT2D eigenvalue weighted by Gasteiger charge is -2.43. The highest BCUT2D eigenvalue weighted by molar-refractivity contribution is 6.01. The lowest BCUT2D eigenvalue weighted by molar-refractivity contribution is -0.201. The average molecular weight is 583 g/mol. The lowest BCUT2D eigenvalue weighted by atomic mass is 9.96. The molecule has 14 nitrogen and oxygen atoms in total. The quantitative estimate of drug-likeness (QED) is 0.238. The van der Waals surface area contributed by atoms with Crippen LogP contribution in [0.4, 0.5) is 0 Å². The molecule has 0 spiro atoms. The van der Waals surface area contributed by atoms with E-state index < -0.39 is 72.9 Å². The summed E-state index contributed by atoms with van der Waals surface area (Å²) in [6.07, 6.45) is -2.43. The van der Waals surface area contributed by atoms with Gasteiger partial charge in [-0.3, -0.25) is 49.0 Å². The van der Waals surface area contributed by atoms with Gasteiger partial charge in [0.1, 0.15) is 12.1 Å². The fraction of sp³-hybridized carbons (Fsp3) is 0.357. The Labute approximate surface area is 240 Å². The van der Waals surface area contributed by atoms with Gasteiger partial charge in [-0.15, -0.1) is 0 Å². The van der Waals surface area contributed by atoms with Gasteiger partial charge in [-0.25, -0.2) is 0 Å². The van der Waals surface area contributed by atoms with E-state index in [0.29, 0.717) is 11.1 Å². The maximum absolute atomic E-state index is 13.2. The smallest absolute Gasteiger partial charge is 0.303 e. The second-order valence-electron chi connectivity index (χ2n) is 9.80. The molecule has 0 aliphatic carbocycles. The fourth-order valence-electron chi connectivity index (χ4n) is 5.09. The minimum Gasteiger partial charge on any atom is -0.455 e. The van der Waals surface area contributed by atoms with Crippen LogP contribution in [-0.4, -0.2) is 104 Å². The van der Waals surface area contributed by atoms with Gasteiger partial charge in [-0.05, 0) is 11.1 Å².